The highest BCUT2D eigenvalue weighted by atomic mass is 32.2. The first-order chi connectivity index (χ1) is 8.72. The largest absolute Gasteiger partial charge is 0.360 e. The number of aliphatic imine (C=N–C) groups is 1. The van der Waals surface area contributed by atoms with E-state index in [4.69, 9.17) is 4.99 Å². The highest BCUT2D eigenvalue weighted by molar-refractivity contribution is 8.13. The predicted molar refractivity (Wildman–Crippen MR) is 81.4 cm³/mol. The Balaban J connectivity index is 1.86. The molecular weight excluding hydrogens is 240 g/mol. The van der Waals surface area contributed by atoms with Gasteiger partial charge in [0.15, 0.2) is 5.17 Å². The first kappa shape index (κ1) is 13.5. The van der Waals surface area contributed by atoms with E-state index in [1.165, 1.54) is 17.7 Å². The van der Waals surface area contributed by atoms with Crippen molar-refractivity contribution in [1.82, 2.24) is 5.32 Å². The Labute approximate surface area is 114 Å². The SMILES string of the molecule is CCC1(C)CCSC(=NCCc2ccccc2)N1. The number of benzene rings is 1. The van der Waals surface area contributed by atoms with Crippen LogP contribution in [0.2, 0.25) is 0 Å². The van der Waals surface area contributed by atoms with Gasteiger partial charge in [0, 0.05) is 17.8 Å². The van der Waals surface area contributed by atoms with Gasteiger partial charge < -0.3 is 5.32 Å². The van der Waals surface area contributed by atoms with Crippen molar-refractivity contribution in [2.24, 2.45) is 4.99 Å². The molecule has 1 heterocycles. The number of thioether (sulfide) groups is 1. The zero-order valence-electron chi connectivity index (χ0n) is 11.3. The fourth-order valence-electron chi connectivity index (χ4n) is 2.01. The van der Waals surface area contributed by atoms with Crippen molar-refractivity contribution in [2.45, 2.75) is 38.6 Å². The van der Waals surface area contributed by atoms with Crippen LogP contribution in [0.4, 0.5) is 0 Å². The van der Waals surface area contributed by atoms with Gasteiger partial charge >= 0.3 is 0 Å². The smallest absolute Gasteiger partial charge is 0.156 e. The number of amidine groups is 1. The lowest BCUT2D eigenvalue weighted by Crippen LogP contribution is -2.48. The van der Waals surface area contributed by atoms with Crippen molar-refractivity contribution < 1.29 is 0 Å². The molecule has 1 saturated heterocycles. The van der Waals surface area contributed by atoms with E-state index in [0.29, 0.717) is 0 Å². The lowest BCUT2D eigenvalue weighted by atomic mass is 9.96. The van der Waals surface area contributed by atoms with Gasteiger partial charge in [-0.05, 0) is 31.7 Å². The zero-order valence-corrected chi connectivity index (χ0v) is 12.1. The molecule has 1 unspecified atom stereocenters. The molecule has 18 heavy (non-hydrogen) atoms. The lowest BCUT2D eigenvalue weighted by Gasteiger charge is -2.35. The van der Waals surface area contributed by atoms with E-state index in [2.05, 4.69) is 49.5 Å². The third-order valence-electron chi connectivity index (χ3n) is 3.58. The number of rotatable bonds is 4. The van der Waals surface area contributed by atoms with Crippen LogP contribution in [0.3, 0.4) is 0 Å². The van der Waals surface area contributed by atoms with Crippen LogP contribution < -0.4 is 5.32 Å². The molecule has 0 radical (unpaired) electrons. The summed E-state index contributed by atoms with van der Waals surface area (Å²) in [6.07, 6.45) is 3.41. The molecule has 1 aromatic rings. The van der Waals surface area contributed by atoms with E-state index in [0.717, 1.165) is 24.6 Å². The maximum absolute atomic E-state index is 4.69. The van der Waals surface area contributed by atoms with Crippen LogP contribution in [0.1, 0.15) is 32.3 Å². The second-order valence-electron chi connectivity index (χ2n) is 5.06. The summed E-state index contributed by atoms with van der Waals surface area (Å²) in [6, 6.07) is 10.6. The molecule has 98 valence electrons. The molecule has 1 aliphatic heterocycles. The number of nitrogens with zero attached hydrogens (tertiary/aromatic N) is 1. The van der Waals surface area contributed by atoms with Gasteiger partial charge in [-0.3, -0.25) is 4.99 Å². The summed E-state index contributed by atoms with van der Waals surface area (Å²) in [4.78, 5) is 4.69. The first-order valence-corrected chi connectivity index (χ1v) is 7.70. The molecule has 0 aliphatic carbocycles. The molecule has 1 atom stereocenters. The van der Waals surface area contributed by atoms with Gasteiger partial charge in [-0.15, -0.1) is 0 Å². The summed E-state index contributed by atoms with van der Waals surface area (Å²) in [6.45, 7) is 5.41. The molecule has 0 aromatic heterocycles. The summed E-state index contributed by atoms with van der Waals surface area (Å²) in [5.41, 5.74) is 1.61. The van der Waals surface area contributed by atoms with Crippen molar-refractivity contribution in [2.75, 3.05) is 12.3 Å². The van der Waals surface area contributed by atoms with Gasteiger partial charge in [0.2, 0.25) is 0 Å². The zero-order chi connectivity index (χ0) is 12.8. The predicted octanol–water partition coefficient (Wildman–Crippen LogP) is 3.48. The van der Waals surface area contributed by atoms with Crippen LogP contribution in [0.15, 0.2) is 35.3 Å². The molecule has 2 rings (SSSR count). The molecule has 3 heteroatoms. The molecule has 1 N–H and O–H groups in total. The standard InChI is InChI=1S/C15H22N2S/c1-3-15(2)10-12-18-14(17-15)16-11-9-13-7-5-4-6-8-13/h4-8H,3,9-12H2,1-2H3,(H,16,17). The molecule has 1 aromatic carbocycles. The van der Waals surface area contributed by atoms with Crippen molar-refractivity contribution in [3.8, 4) is 0 Å². The molecule has 0 saturated carbocycles. The quantitative estimate of drug-likeness (QED) is 0.898. The summed E-state index contributed by atoms with van der Waals surface area (Å²) in [7, 11) is 0. The van der Waals surface area contributed by atoms with Gasteiger partial charge in [0.1, 0.15) is 0 Å². The Bertz CT molecular complexity index is 402. The molecule has 1 aliphatic rings. The van der Waals surface area contributed by atoms with E-state index in [9.17, 15) is 0 Å². The van der Waals surface area contributed by atoms with Gasteiger partial charge in [-0.25, -0.2) is 0 Å². The topological polar surface area (TPSA) is 24.4 Å². The highest BCUT2D eigenvalue weighted by Gasteiger charge is 2.27. The summed E-state index contributed by atoms with van der Waals surface area (Å²) >= 11 is 1.85. The Morgan fingerprint density at radius 3 is 2.83 bits per heavy atom. The van der Waals surface area contributed by atoms with Gasteiger partial charge in [0.25, 0.3) is 0 Å². The first-order valence-electron chi connectivity index (χ1n) is 6.71. The summed E-state index contributed by atoms with van der Waals surface area (Å²) in [5, 5.41) is 4.71. The molecule has 0 spiro atoms. The minimum Gasteiger partial charge on any atom is -0.360 e. The normalized spacial score (nSPS) is 26.0. The number of nitrogens with one attached hydrogen (secondary N) is 1. The van der Waals surface area contributed by atoms with Crippen molar-refractivity contribution >= 4 is 16.9 Å². The number of hydrogen-bond donors (Lipinski definition) is 1. The second-order valence-corrected chi connectivity index (χ2v) is 6.14. The minimum absolute atomic E-state index is 0.247. The molecule has 0 bridgehead atoms. The molecule has 1 fully saturated rings. The minimum atomic E-state index is 0.247. The van der Waals surface area contributed by atoms with Crippen LogP contribution in [0.25, 0.3) is 0 Å². The lowest BCUT2D eigenvalue weighted by molar-refractivity contribution is 0.390. The Kier molecular flexibility index (Phi) is 4.70. The molecule has 2 nitrogen and oxygen atoms in total. The van der Waals surface area contributed by atoms with Gasteiger partial charge in [-0.1, -0.05) is 49.0 Å². The fourth-order valence-corrected chi connectivity index (χ4v) is 3.26. The summed E-state index contributed by atoms with van der Waals surface area (Å²) < 4.78 is 0. The van der Waals surface area contributed by atoms with E-state index >= 15 is 0 Å². The van der Waals surface area contributed by atoms with E-state index in [1.807, 2.05) is 11.8 Å². The van der Waals surface area contributed by atoms with Crippen molar-refractivity contribution in [3.05, 3.63) is 35.9 Å². The van der Waals surface area contributed by atoms with Crippen LogP contribution in [-0.4, -0.2) is 23.0 Å². The van der Waals surface area contributed by atoms with Crippen molar-refractivity contribution in [3.63, 3.8) is 0 Å². The second kappa shape index (κ2) is 6.28. The maximum atomic E-state index is 4.69. The monoisotopic (exact) mass is 262 g/mol. The average Bonchev–Trinajstić information content (AvgIpc) is 2.40. The van der Waals surface area contributed by atoms with Crippen LogP contribution in [0.5, 0.6) is 0 Å². The molecule has 0 amide bonds. The third-order valence-corrected chi connectivity index (χ3v) is 4.49. The Morgan fingerprint density at radius 1 is 1.33 bits per heavy atom. The fraction of sp³-hybridized carbons (Fsp3) is 0.533. The van der Waals surface area contributed by atoms with E-state index in [1.54, 1.807) is 0 Å². The Morgan fingerprint density at radius 2 is 2.11 bits per heavy atom. The summed E-state index contributed by atoms with van der Waals surface area (Å²) in [5.74, 6) is 1.18. The third kappa shape index (κ3) is 3.77. The average molecular weight is 262 g/mol. The van der Waals surface area contributed by atoms with Crippen molar-refractivity contribution in [1.29, 1.82) is 0 Å². The van der Waals surface area contributed by atoms with Crippen LogP contribution >= 0.6 is 11.8 Å². The van der Waals surface area contributed by atoms with E-state index < -0.39 is 0 Å². The molecular formula is C15H22N2S. The maximum Gasteiger partial charge on any atom is 0.156 e. The number of hydrogen-bond acceptors (Lipinski definition) is 2. The highest BCUT2D eigenvalue weighted by Crippen LogP contribution is 2.24. The Hall–Kier alpha value is -0.960. The van der Waals surface area contributed by atoms with Crippen LogP contribution in [0, 0.1) is 0 Å². The van der Waals surface area contributed by atoms with Gasteiger partial charge in [-0.2, -0.15) is 0 Å². The van der Waals surface area contributed by atoms with Crippen LogP contribution in [-0.2, 0) is 6.42 Å². The van der Waals surface area contributed by atoms with Gasteiger partial charge in [0.05, 0.1) is 0 Å². The van der Waals surface area contributed by atoms with E-state index in [-0.39, 0.29) is 5.54 Å².